The Labute approximate surface area is 227 Å². The van der Waals surface area contributed by atoms with Crippen LogP contribution in [0.2, 0.25) is 10.0 Å². The Morgan fingerprint density at radius 1 is 1.11 bits per heavy atom. The summed E-state index contributed by atoms with van der Waals surface area (Å²) >= 11 is 12.5. The second-order valence-corrected chi connectivity index (χ2v) is 8.61. The zero-order valence-electron chi connectivity index (χ0n) is 20.8. The molecule has 0 aliphatic rings. The van der Waals surface area contributed by atoms with Gasteiger partial charge in [-0.05, 0) is 59.5 Å². The fourth-order valence-corrected chi connectivity index (χ4v) is 3.71. The average molecular weight is 539 g/mol. The monoisotopic (exact) mass is 538 g/mol. The molecule has 0 saturated heterocycles. The van der Waals surface area contributed by atoms with Crippen molar-refractivity contribution < 1.29 is 14.3 Å². The zero-order chi connectivity index (χ0) is 27.2. The average Bonchev–Trinajstić information content (AvgIpc) is 2.89. The highest BCUT2D eigenvalue weighted by Gasteiger charge is 2.15. The molecule has 0 unspecified atom stereocenters. The molecule has 0 heterocycles. The number of nitriles is 1. The van der Waals surface area contributed by atoms with Crippen LogP contribution in [0.25, 0.3) is 11.6 Å². The normalized spacial score (nSPS) is 10.5. The van der Waals surface area contributed by atoms with Crippen LogP contribution in [0, 0.1) is 18.3 Å². The molecule has 0 aliphatic carbocycles. The number of amides is 2. The lowest BCUT2D eigenvalue weighted by molar-refractivity contribution is -0.117. The van der Waals surface area contributed by atoms with Gasteiger partial charge in [-0.25, -0.2) is 10.4 Å². The van der Waals surface area contributed by atoms with Crippen LogP contribution in [0.1, 0.15) is 29.2 Å². The van der Waals surface area contributed by atoms with E-state index in [2.05, 4.69) is 21.5 Å². The number of carbonyl (C=O) groups excluding carboxylic acids is 2. The van der Waals surface area contributed by atoms with E-state index in [1.165, 1.54) is 19.0 Å². The molecule has 0 bridgehead atoms. The molecule has 3 aromatic rings. The van der Waals surface area contributed by atoms with Gasteiger partial charge in [0.1, 0.15) is 6.73 Å². The van der Waals surface area contributed by atoms with Crippen molar-refractivity contribution >= 4 is 52.9 Å². The lowest BCUT2D eigenvalue weighted by Crippen LogP contribution is -2.41. The molecule has 0 aromatic heterocycles. The van der Waals surface area contributed by atoms with Crippen LogP contribution in [0.4, 0.5) is 5.69 Å². The number of hydrogen-bond acceptors (Lipinski definition) is 5. The molecule has 3 aromatic carbocycles. The van der Waals surface area contributed by atoms with Gasteiger partial charge in [0, 0.05) is 25.6 Å². The molecular weight excluding hydrogens is 511 g/mol. The van der Waals surface area contributed by atoms with Gasteiger partial charge in [-0.1, -0.05) is 65.7 Å². The fourth-order valence-electron chi connectivity index (χ4n) is 3.27. The van der Waals surface area contributed by atoms with E-state index in [9.17, 15) is 14.9 Å². The highest BCUT2D eigenvalue weighted by molar-refractivity contribution is 6.33. The first-order chi connectivity index (χ1) is 17.8. The maximum Gasteiger partial charge on any atom is 0.238 e. The largest absolute Gasteiger partial charge is 0.365 e. The Bertz CT molecular complexity index is 1230. The second-order valence-electron chi connectivity index (χ2n) is 7.76. The molecule has 0 saturated carbocycles. The SMILES string of the molecule is CC(=O)N(NCc1ccccc1)c1cc(C)c(/C=C(/C#N)c2ccc(Cl)cc2)c(Cl)c1.COCNC=O. The van der Waals surface area contributed by atoms with Crippen LogP contribution in [0.5, 0.6) is 0 Å². The molecule has 9 heteroatoms. The number of halogens is 2. The molecule has 3 rings (SSSR count). The minimum Gasteiger partial charge on any atom is -0.365 e. The summed E-state index contributed by atoms with van der Waals surface area (Å²) in [5.41, 5.74) is 7.63. The van der Waals surface area contributed by atoms with E-state index in [0.29, 0.717) is 41.0 Å². The van der Waals surface area contributed by atoms with Crippen molar-refractivity contribution in [2.24, 2.45) is 0 Å². The van der Waals surface area contributed by atoms with Crippen LogP contribution < -0.4 is 15.8 Å². The molecule has 192 valence electrons. The molecule has 7 nitrogen and oxygen atoms in total. The quantitative estimate of drug-likeness (QED) is 0.0901. The van der Waals surface area contributed by atoms with Gasteiger partial charge in [-0.3, -0.25) is 9.59 Å². The number of benzene rings is 3. The van der Waals surface area contributed by atoms with Crippen LogP contribution >= 0.6 is 23.2 Å². The third-order valence-electron chi connectivity index (χ3n) is 5.05. The maximum atomic E-state index is 12.3. The van der Waals surface area contributed by atoms with E-state index in [0.717, 1.165) is 22.3 Å². The van der Waals surface area contributed by atoms with Crippen molar-refractivity contribution in [2.75, 3.05) is 18.8 Å². The first-order valence-corrected chi connectivity index (χ1v) is 12.0. The van der Waals surface area contributed by atoms with Crippen molar-refractivity contribution in [3.63, 3.8) is 0 Å². The van der Waals surface area contributed by atoms with Crippen molar-refractivity contribution in [3.05, 3.63) is 99.0 Å². The number of nitrogens with zero attached hydrogens (tertiary/aromatic N) is 2. The van der Waals surface area contributed by atoms with E-state index in [1.54, 1.807) is 36.4 Å². The zero-order valence-corrected chi connectivity index (χ0v) is 22.3. The molecular formula is C28H28Cl2N4O3. The third kappa shape index (κ3) is 9.37. The number of anilines is 1. The van der Waals surface area contributed by atoms with E-state index in [4.69, 9.17) is 23.2 Å². The molecule has 0 spiro atoms. The lowest BCUT2D eigenvalue weighted by atomic mass is 10.0. The Kier molecular flexibility index (Phi) is 12.3. The van der Waals surface area contributed by atoms with Gasteiger partial charge in [0.15, 0.2) is 0 Å². The van der Waals surface area contributed by atoms with Gasteiger partial charge in [0.2, 0.25) is 12.3 Å². The fraction of sp³-hybridized carbons (Fsp3) is 0.179. The predicted molar refractivity (Wildman–Crippen MR) is 149 cm³/mol. The van der Waals surface area contributed by atoms with E-state index < -0.39 is 0 Å². The Hall–Kier alpha value is -3.67. The number of nitrogens with one attached hydrogen (secondary N) is 2. The molecule has 0 aliphatic heterocycles. The minimum atomic E-state index is -0.159. The van der Waals surface area contributed by atoms with Crippen LogP contribution in [0.3, 0.4) is 0 Å². The Balaban J connectivity index is 0.000000717. The van der Waals surface area contributed by atoms with Gasteiger partial charge in [-0.15, -0.1) is 0 Å². The number of rotatable bonds is 9. The molecule has 37 heavy (non-hydrogen) atoms. The number of methoxy groups -OCH3 is 1. The molecule has 2 N–H and O–H groups in total. The van der Waals surface area contributed by atoms with Gasteiger partial charge < -0.3 is 10.1 Å². The van der Waals surface area contributed by atoms with Gasteiger partial charge in [-0.2, -0.15) is 5.26 Å². The first-order valence-electron chi connectivity index (χ1n) is 11.2. The van der Waals surface area contributed by atoms with E-state index in [1.807, 2.05) is 43.3 Å². The summed E-state index contributed by atoms with van der Waals surface area (Å²) in [7, 11) is 1.51. The van der Waals surface area contributed by atoms with E-state index in [-0.39, 0.29) is 5.91 Å². The van der Waals surface area contributed by atoms with Crippen LogP contribution in [-0.2, 0) is 20.9 Å². The second kappa shape index (κ2) is 15.4. The number of aryl methyl sites for hydroxylation is 1. The number of carbonyl (C=O) groups is 2. The third-order valence-corrected chi connectivity index (χ3v) is 5.62. The Morgan fingerprint density at radius 2 is 1.78 bits per heavy atom. The van der Waals surface area contributed by atoms with Crippen LogP contribution in [0.15, 0.2) is 66.7 Å². The Morgan fingerprint density at radius 3 is 2.30 bits per heavy atom. The summed E-state index contributed by atoms with van der Waals surface area (Å²) in [6.07, 6.45) is 2.34. The van der Waals surface area contributed by atoms with Gasteiger partial charge >= 0.3 is 0 Å². The smallest absolute Gasteiger partial charge is 0.238 e. The molecule has 0 radical (unpaired) electrons. The highest BCUT2D eigenvalue weighted by atomic mass is 35.5. The molecule has 0 atom stereocenters. The number of hydrazine groups is 1. The summed E-state index contributed by atoms with van der Waals surface area (Å²) in [6.45, 7) is 4.17. The minimum absolute atomic E-state index is 0.159. The summed E-state index contributed by atoms with van der Waals surface area (Å²) in [5, 5.41) is 14.5. The summed E-state index contributed by atoms with van der Waals surface area (Å²) in [6, 6.07) is 22.7. The van der Waals surface area contributed by atoms with Gasteiger partial charge in [0.05, 0.1) is 22.4 Å². The van der Waals surface area contributed by atoms with Crippen molar-refractivity contribution in [1.82, 2.24) is 10.7 Å². The van der Waals surface area contributed by atoms with Crippen LogP contribution in [-0.4, -0.2) is 26.2 Å². The highest BCUT2D eigenvalue weighted by Crippen LogP contribution is 2.31. The van der Waals surface area contributed by atoms with Crippen molar-refractivity contribution in [2.45, 2.75) is 20.4 Å². The summed E-state index contributed by atoms with van der Waals surface area (Å²) in [5.74, 6) is -0.159. The van der Waals surface area contributed by atoms with Crippen molar-refractivity contribution in [1.29, 1.82) is 5.26 Å². The molecule has 0 fully saturated rings. The van der Waals surface area contributed by atoms with Gasteiger partial charge in [0.25, 0.3) is 0 Å². The number of hydrogen-bond donors (Lipinski definition) is 2. The van der Waals surface area contributed by atoms with E-state index >= 15 is 0 Å². The van der Waals surface area contributed by atoms with Crippen molar-refractivity contribution in [3.8, 4) is 6.07 Å². The summed E-state index contributed by atoms with van der Waals surface area (Å²) < 4.78 is 4.44. The standard InChI is InChI=1S/C25H21Cl2N3O.C3H7NO2/c1-17-12-23(30(18(2)31)29-16-19-6-4-3-5-7-19)14-25(27)24(17)13-21(15-28)20-8-10-22(26)11-9-20;1-6-3-4-2-5/h3-14,29H,16H2,1-2H3;2H,3H2,1H3,(H,4,5)/b21-13-;. The predicted octanol–water partition coefficient (Wildman–Crippen LogP) is 5.76. The first kappa shape index (κ1) is 29.6. The summed E-state index contributed by atoms with van der Waals surface area (Å²) in [4.78, 5) is 21.6. The topological polar surface area (TPSA) is 94.5 Å². The number of allylic oxidation sites excluding steroid dienone is 1. The molecule has 2 amide bonds. The lowest BCUT2D eigenvalue weighted by Gasteiger charge is -2.23. The maximum absolute atomic E-state index is 12.3. The number of ether oxygens (including phenoxy) is 1.